The van der Waals surface area contributed by atoms with Crippen LogP contribution in [0.1, 0.15) is 27.9 Å². The Morgan fingerprint density at radius 3 is 2.88 bits per heavy atom. The van der Waals surface area contributed by atoms with Crippen molar-refractivity contribution in [2.45, 2.75) is 18.9 Å². The Morgan fingerprint density at radius 2 is 2.19 bits per heavy atom. The van der Waals surface area contributed by atoms with Gasteiger partial charge < -0.3 is 5.73 Å². The first-order valence-corrected chi connectivity index (χ1v) is 10.8. The second kappa shape index (κ2) is 5.80. The topological polar surface area (TPSA) is 88.7 Å². The molecule has 1 aliphatic heterocycles. The van der Waals surface area contributed by atoms with Gasteiger partial charge in [-0.3, -0.25) is 4.98 Å². The van der Waals surface area contributed by atoms with Gasteiger partial charge in [-0.15, -0.1) is 11.3 Å². The number of fused-ring (bicyclic) bond motifs is 1. The quantitative estimate of drug-likeness (QED) is 0.827. The maximum Gasteiger partial charge on any atom is 0.239 e. The first-order chi connectivity index (χ1) is 12.2. The predicted molar refractivity (Wildman–Crippen MR) is 106 cm³/mol. The van der Waals surface area contributed by atoms with E-state index in [9.17, 15) is 8.42 Å². The molecule has 0 saturated carbocycles. The lowest BCUT2D eigenvalue weighted by molar-refractivity contribution is 0.482. The number of hydrogen-bond donors (Lipinski definition) is 1. The maximum absolute atomic E-state index is 12.4. The van der Waals surface area contributed by atoms with Gasteiger partial charge in [-0.25, -0.2) is 17.7 Å². The Balaban J connectivity index is 1.75. The number of sulfonamides is 1. The number of aliphatic imine (C=N–C) groups is 1. The summed E-state index contributed by atoms with van der Waals surface area (Å²) in [6.07, 6.45) is 4.61. The van der Waals surface area contributed by atoms with Gasteiger partial charge in [0.25, 0.3) is 0 Å². The van der Waals surface area contributed by atoms with Crippen LogP contribution in [0.5, 0.6) is 0 Å². The summed E-state index contributed by atoms with van der Waals surface area (Å²) >= 11 is 7.95. The zero-order chi connectivity index (χ0) is 18.7. The number of allylic oxidation sites excluding steroid dienone is 1. The minimum atomic E-state index is -3.54. The van der Waals surface area contributed by atoms with Crippen LogP contribution in [0.3, 0.4) is 0 Å². The summed E-state index contributed by atoms with van der Waals surface area (Å²) in [4.78, 5) is 10.5. The number of hydrogen-bond acceptors (Lipinski definition) is 6. The van der Waals surface area contributed by atoms with Crippen LogP contribution in [-0.2, 0) is 22.0 Å². The lowest BCUT2D eigenvalue weighted by atomic mass is 10.0. The summed E-state index contributed by atoms with van der Waals surface area (Å²) in [6.45, 7) is 1.76. The molecule has 2 aromatic rings. The molecule has 136 valence electrons. The van der Waals surface area contributed by atoms with Gasteiger partial charge in [0, 0.05) is 24.5 Å². The predicted octanol–water partition coefficient (Wildman–Crippen LogP) is 2.70. The van der Waals surface area contributed by atoms with Gasteiger partial charge >= 0.3 is 0 Å². The van der Waals surface area contributed by atoms with E-state index in [2.05, 4.69) is 16.1 Å². The molecule has 4 rings (SSSR count). The second-order valence-electron chi connectivity index (χ2n) is 6.64. The minimum Gasteiger partial charge on any atom is -0.369 e. The molecular weight excluding hydrogens is 392 g/mol. The molecule has 2 aromatic heterocycles. The highest BCUT2D eigenvalue weighted by atomic mass is 35.5. The molecule has 0 radical (unpaired) electrons. The van der Waals surface area contributed by atoms with Gasteiger partial charge in [0.05, 0.1) is 21.3 Å². The molecule has 0 bridgehead atoms. The third-order valence-corrected chi connectivity index (χ3v) is 8.49. The van der Waals surface area contributed by atoms with E-state index >= 15 is 0 Å². The monoisotopic (exact) mass is 408 g/mol. The van der Waals surface area contributed by atoms with Crippen LogP contribution in [0.2, 0.25) is 5.02 Å². The van der Waals surface area contributed by atoms with Crippen molar-refractivity contribution in [2.75, 3.05) is 12.8 Å². The SMILES string of the molecule is CN1C(N)=N[C@](C)(c2sc(C3=Cc4cccnc4C3)cc2Cl)CS1(=O)=O. The summed E-state index contributed by atoms with van der Waals surface area (Å²) in [5.41, 5.74) is 8.09. The Hall–Kier alpha value is -1.90. The van der Waals surface area contributed by atoms with Gasteiger partial charge in [-0.2, -0.15) is 0 Å². The average molecular weight is 409 g/mol. The first-order valence-electron chi connectivity index (χ1n) is 7.96. The number of halogens is 1. The molecule has 1 aliphatic carbocycles. The highest BCUT2D eigenvalue weighted by Crippen LogP contribution is 2.44. The molecule has 2 aliphatic rings. The van der Waals surface area contributed by atoms with E-state index < -0.39 is 15.6 Å². The molecule has 0 aromatic carbocycles. The van der Waals surface area contributed by atoms with Crippen molar-refractivity contribution in [3.05, 3.63) is 50.4 Å². The molecule has 2 N–H and O–H groups in total. The van der Waals surface area contributed by atoms with E-state index in [1.165, 1.54) is 18.4 Å². The van der Waals surface area contributed by atoms with Crippen molar-refractivity contribution in [3.63, 3.8) is 0 Å². The van der Waals surface area contributed by atoms with Crippen LogP contribution in [0.15, 0.2) is 29.4 Å². The second-order valence-corrected chi connectivity index (χ2v) is 10.1. The van der Waals surface area contributed by atoms with E-state index in [0.717, 1.165) is 32.4 Å². The third-order valence-electron chi connectivity index (χ3n) is 4.67. The number of aromatic nitrogens is 1. The lowest BCUT2D eigenvalue weighted by Crippen LogP contribution is -2.50. The number of pyridine rings is 1. The van der Waals surface area contributed by atoms with Gasteiger partial charge in [0.15, 0.2) is 0 Å². The van der Waals surface area contributed by atoms with Crippen LogP contribution in [-0.4, -0.2) is 36.5 Å². The minimum absolute atomic E-state index is 0.0264. The molecule has 0 spiro atoms. The van der Waals surface area contributed by atoms with Crippen LogP contribution < -0.4 is 5.73 Å². The van der Waals surface area contributed by atoms with E-state index in [1.807, 2.05) is 18.2 Å². The Labute approximate surface area is 161 Å². The fourth-order valence-electron chi connectivity index (χ4n) is 3.27. The molecule has 0 amide bonds. The highest BCUT2D eigenvalue weighted by Gasteiger charge is 2.42. The van der Waals surface area contributed by atoms with Crippen LogP contribution in [0.25, 0.3) is 11.6 Å². The maximum atomic E-state index is 12.4. The summed E-state index contributed by atoms with van der Waals surface area (Å²) in [5, 5.41) is 0.508. The molecule has 26 heavy (non-hydrogen) atoms. The molecule has 3 heterocycles. The number of guanidine groups is 1. The summed E-state index contributed by atoms with van der Waals surface area (Å²) in [5.74, 6) is -0.195. The molecule has 1 atom stereocenters. The zero-order valence-corrected chi connectivity index (χ0v) is 16.6. The van der Waals surface area contributed by atoms with Gasteiger partial charge in [-0.05, 0) is 36.3 Å². The summed E-state index contributed by atoms with van der Waals surface area (Å²) in [7, 11) is -2.13. The number of thiophene rings is 1. The summed E-state index contributed by atoms with van der Waals surface area (Å²) < 4.78 is 25.8. The number of nitrogens with two attached hydrogens (primary N) is 1. The largest absolute Gasteiger partial charge is 0.369 e. The lowest BCUT2D eigenvalue weighted by Gasteiger charge is -2.33. The van der Waals surface area contributed by atoms with Crippen LogP contribution in [0.4, 0.5) is 0 Å². The summed E-state index contributed by atoms with van der Waals surface area (Å²) in [6, 6.07) is 5.81. The normalized spacial score (nSPS) is 24.2. The smallest absolute Gasteiger partial charge is 0.239 e. The van der Waals surface area contributed by atoms with E-state index in [-0.39, 0.29) is 11.7 Å². The van der Waals surface area contributed by atoms with Crippen molar-refractivity contribution in [1.82, 2.24) is 9.29 Å². The molecule has 0 fully saturated rings. The average Bonchev–Trinajstić information content (AvgIpc) is 3.15. The molecule has 6 nitrogen and oxygen atoms in total. The van der Waals surface area contributed by atoms with E-state index in [0.29, 0.717) is 9.90 Å². The van der Waals surface area contributed by atoms with E-state index in [1.54, 1.807) is 13.1 Å². The standard InChI is InChI=1S/C17H17ClN4O2S2/c1-17(9-26(23,24)22(2)16(19)21-17)15-12(18)8-14(25-15)11-6-10-4-3-5-20-13(10)7-11/h3-6,8H,7,9H2,1-2H3,(H2,19,21)/t17-/m0/s1. The molecule has 0 unspecified atom stereocenters. The molecule has 0 saturated heterocycles. The number of nitrogens with zero attached hydrogens (tertiary/aromatic N) is 3. The van der Waals surface area contributed by atoms with Crippen molar-refractivity contribution >= 4 is 50.6 Å². The van der Waals surface area contributed by atoms with Gasteiger partial charge in [0.1, 0.15) is 5.54 Å². The Bertz CT molecular complexity index is 1070. The Morgan fingerprint density at radius 1 is 1.42 bits per heavy atom. The molecule has 9 heteroatoms. The van der Waals surface area contributed by atoms with Crippen molar-refractivity contribution < 1.29 is 8.42 Å². The fraction of sp³-hybridized carbons (Fsp3) is 0.294. The third kappa shape index (κ3) is 2.72. The van der Waals surface area contributed by atoms with Crippen LogP contribution >= 0.6 is 22.9 Å². The fourth-order valence-corrected chi connectivity index (χ4v) is 6.44. The van der Waals surface area contributed by atoms with Crippen LogP contribution in [0, 0.1) is 0 Å². The first kappa shape index (κ1) is 17.5. The Kier molecular flexibility index (Phi) is 3.91. The highest BCUT2D eigenvalue weighted by molar-refractivity contribution is 7.89. The number of rotatable bonds is 2. The van der Waals surface area contributed by atoms with Gasteiger partial charge in [-0.1, -0.05) is 17.7 Å². The van der Waals surface area contributed by atoms with Crippen molar-refractivity contribution in [2.24, 2.45) is 10.7 Å². The van der Waals surface area contributed by atoms with Crippen molar-refractivity contribution in [3.8, 4) is 0 Å². The van der Waals surface area contributed by atoms with Crippen molar-refractivity contribution in [1.29, 1.82) is 0 Å². The zero-order valence-electron chi connectivity index (χ0n) is 14.2. The van der Waals surface area contributed by atoms with Gasteiger partial charge in [0.2, 0.25) is 16.0 Å². The van der Waals surface area contributed by atoms with E-state index in [4.69, 9.17) is 17.3 Å². The molecular formula is C17H17ClN4O2S2.